The van der Waals surface area contributed by atoms with Crippen molar-refractivity contribution >= 4 is 11.9 Å². The van der Waals surface area contributed by atoms with Crippen molar-refractivity contribution in [2.45, 2.75) is 37.3 Å². The van der Waals surface area contributed by atoms with Crippen LogP contribution in [-0.2, 0) is 24.7 Å². The number of carboxylic acid groups (broad SMARTS) is 1. The van der Waals surface area contributed by atoms with Gasteiger partial charge >= 0.3 is 5.97 Å². The summed E-state index contributed by atoms with van der Waals surface area (Å²) < 4.78 is 23.2. The highest BCUT2D eigenvalue weighted by molar-refractivity contribution is 5.77. The first kappa shape index (κ1) is 29.1. The fraction of sp³-hybridized carbons (Fsp3) is 0.375. The zero-order valence-electron chi connectivity index (χ0n) is 23.1. The molecule has 1 aliphatic rings. The number of benzene rings is 3. The van der Waals surface area contributed by atoms with Gasteiger partial charge in [-0.2, -0.15) is 0 Å². The molecule has 1 N–H and O–H groups in total. The van der Waals surface area contributed by atoms with Gasteiger partial charge in [-0.25, -0.2) is 0 Å². The van der Waals surface area contributed by atoms with E-state index in [9.17, 15) is 9.59 Å². The van der Waals surface area contributed by atoms with Gasteiger partial charge in [0.25, 0.3) is 0 Å². The second-order valence-corrected chi connectivity index (χ2v) is 9.70. The van der Waals surface area contributed by atoms with Gasteiger partial charge < -0.3 is 29.0 Å². The van der Waals surface area contributed by atoms with Gasteiger partial charge in [-0.1, -0.05) is 54.6 Å². The third-order valence-electron chi connectivity index (χ3n) is 7.28. The molecule has 0 unspecified atom stereocenters. The lowest BCUT2D eigenvalue weighted by Gasteiger charge is -2.38. The largest absolute Gasteiger partial charge is 0.497 e. The Bertz CT molecular complexity index is 1180. The van der Waals surface area contributed by atoms with Crippen LogP contribution in [0.15, 0.2) is 78.9 Å². The molecule has 1 heterocycles. The number of carbonyl (C=O) groups is 2. The van der Waals surface area contributed by atoms with Gasteiger partial charge in [0.1, 0.15) is 17.1 Å². The lowest BCUT2D eigenvalue weighted by atomic mass is 9.80. The highest BCUT2D eigenvalue weighted by Gasteiger charge is 2.40. The molecule has 1 aliphatic heterocycles. The van der Waals surface area contributed by atoms with Crippen LogP contribution >= 0.6 is 0 Å². The summed E-state index contributed by atoms with van der Waals surface area (Å²) in [6, 6.07) is 25.8. The van der Waals surface area contributed by atoms with Crippen LogP contribution in [0.25, 0.3) is 0 Å². The number of methoxy groups -OCH3 is 2. The Morgan fingerprint density at radius 2 is 1.38 bits per heavy atom. The number of hydrogen-bond acceptors (Lipinski definition) is 6. The first-order chi connectivity index (χ1) is 19.5. The topological polar surface area (TPSA) is 94.5 Å². The molecule has 0 spiro atoms. The van der Waals surface area contributed by atoms with Gasteiger partial charge in [-0.15, -0.1) is 0 Å². The van der Waals surface area contributed by atoms with Crippen molar-refractivity contribution in [3.8, 4) is 11.5 Å². The summed E-state index contributed by atoms with van der Waals surface area (Å²) in [5, 5.41) is 8.77. The van der Waals surface area contributed by atoms with E-state index in [1.165, 1.54) is 0 Å². The van der Waals surface area contributed by atoms with E-state index in [1.54, 1.807) is 14.2 Å². The van der Waals surface area contributed by atoms with Crippen molar-refractivity contribution in [1.29, 1.82) is 0 Å². The molecular formula is C32H37NO7. The molecule has 1 atom stereocenters. The van der Waals surface area contributed by atoms with E-state index < -0.39 is 11.6 Å². The van der Waals surface area contributed by atoms with Crippen molar-refractivity contribution in [1.82, 2.24) is 4.90 Å². The average molecular weight is 548 g/mol. The van der Waals surface area contributed by atoms with Crippen LogP contribution in [0, 0.1) is 0 Å². The van der Waals surface area contributed by atoms with Gasteiger partial charge in [0, 0.05) is 6.54 Å². The Morgan fingerprint density at radius 1 is 0.825 bits per heavy atom. The molecule has 3 aromatic carbocycles. The molecule has 4 rings (SSSR count). The van der Waals surface area contributed by atoms with Crippen molar-refractivity contribution < 1.29 is 33.6 Å². The van der Waals surface area contributed by atoms with Crippen molar-refractivity contribution in [3.05, 3.63) is 95.6 Å². The van der Waals surface area contributed by atoms with Crippen LogP contribution in [0.4, 0.5) is 0 Å². The van der Waals surface area contributed by atoms with E-state index in [0.717, 1.165) is 41.0 Å². The lowest BCUT2D eigenvalue weighted by Crippen LogP contribution is -2.42. The fourth-order valence-corrected chi connectivity index (χ4v) is 5.20. The van der Waals surface area contributed by atoms with Crippen LogP contribution < -0.4 is 9.47 Å². The van der Waals surface area contributed by atoms with E-state index >= 15 is 0 Å². The van der Waals surface area contributed by atoms with Gasteiger partial charge in [0.05, 0.1) is 52.9 Å². The minimum Gasteiger partial charge on any atom is -0.497 e. The maximum Gasteiger partial charge on any atom is 0.305 e. The number of ether oxygens (including phenoxy) is 4. The second-order valence-electron chi connectivity index (χ2n) is 9.70. The summed E-state index contributed by atoms with van der Waals surface area (Å²) in [4.78, 5) is 25.6. The SMILES string of the molecule is COc1ccc(C(OC[C@@H]2CCCN2C(=O)CCOCCC(=O)O)(c2ccccc2)c2ccc(OC)cc2)cc1. The standard InChI is InChI=1S/C32H37NO7/c1-37-28-14-10-25(11-15-28)32(24-7-4-3-5-8-24,26-12-16-29(38-2)17-13-26)40-23-27-9-6-20-33(27)30(34)18-21-39-22-19-31(35)36/h3-5,7-8,10-17,27H,6,9,18-23H2,1-2H3,(H,35,36)/t27-/m0/s1. The third kappa shape index (κ3) is 6.81. The predicted octanol–water partition coefficient (Wildman–Crippen LogP) is 4.88. The maximum absolute atomic E-state index is 13.1. The Balaban J connectivity index is 1.62. The number of rotatable bonds is 14. The van der Waals surface area contributed by atoms with Crippen molar-refractivity contribution in [2.24, 2.45) is 0 Å². The molecule has 8 heteroatoms. The first-order valence-corrected chi connectivity index (χ1v) is 13.6. The quantitative estimate of drug-likeness (QED) is 0.227. The minimum atomic E-state index is -0.947. The van der Waals surface area contributed by atoms with Crippen LogP contribution in [-0.4, -0.2) is 68.5 Å². The van der Waals surface area contributed by atoms with Gasteiger partial charge in [-0.05, 0) is 53.8 Å². The molecule has 0 bridgehead atoms. The summed E-state index contributed by atoms with van der Waals surface area (Å²) in [6.45, 7) is 1.28. The van der Waals surface area contributed by atoms with Crippen molar-refractivity contribution in [3.63, 3.8) is 0 Å². The molecule has 0 aromatic heterocycles. The summed E-state index contributed by atoms with van der Waals surface area (Å²) in [5.41, 5.74) is 1.89. The molecule has 0 saturated carbocycles. The Hall–Kier alpha value is -3.88. The minimum absolute atomic E-state index is 0.0133. The van der Waals surface area contributed by atoms with Crippen LogP contribution in [0.2, 0.25) is 0 Å². The summed E-state index contributed by atoms with van der Waals surface area (Å²) in [7, 11) is 3.28. The van der Waals surface area contributed by atoms with Crippen LogP contribution in [0.3, 0.4) is 0 Å². The molecule has 212 valence electrons. The predicted molar refractivity (Wildman–Crippen MR) is 151 cm³/mol. The van der Waals surface area contributed by atoms with E-state index in [2.05, 4.69) is 12.1 Å². The fourth-order valence-electron chi connectivity index (χ4n) is 5.20. The third-order valence-corrected chi connectivity index (χ3v) is 7.28. The van der Waals surface area contributed by atoms with E-state index in [0.29, 0.717) is 13.2 Å². The molecule has 1 fully saturated rings. The summed E-state index contributed by atoms with van der Waals surface area (Å²) in [6.07, 6.45) is 1.86. The zero-order chi connectivity index (χ0) is 28.4. The Labute approximate surface area is 235 Å². The van der Waals surface area contributed by atoms with E-state index in [-0.39, 0.29) is 38.0 Å². The van der Waals surface area contributed by atoms with E-state index in [1.807, 2.05) is 71.6 Å². The highest BCUT2D eigenvalue weighted by Crippen LogP contribution is 2.42. The zero-order valence-corrected chi connectivity index (χ0v) is 23.1. The monoisotopic (exact) mass is 547 g/mol. The number of hydrogen-bond donors (Lipinski definition) is 1. The van der Waals surface area contributed by atoms with Gasteiger partial charge in [0.15, 0.2) is 0 Å². The molecule has 1 saturated heterocycles. The molecule has 0 aliphatic carbocycles. The highest BCUT2D eigenvalue weighted by atomic mass is 16.5. The average Bonchev–Trinajstić information content (AvgIpc) is 3.47. The van der Waals surface area contributed by atoms with Gasteiger partial charge in [0.2, 0.25) is 5.91 Å². The number of carbonyl (C=O) groups excluding carboxylic acids is 1. The molecular weight excluding hydrogens is 510 g/mol. The van der Waals surface area contributed by atoms with Crippen LogP contribution in [0.1, 0.15) is 42.4 Å². The number of aliphatic carboxylic acids is 1. The maximum atomic E-state index is 13.1. The Morgan fingerprint density at radius 3 is 1.93 bits per heavy atom. The molecule has 0 radical (unpaired) electrons. The molecule has 8 nitrogen and oxygen atoms in total. The lowest BCUT2D eigenvalue weighted by molar-refractivity contribution is -0.138. The molecule has 40 heavy (non-hydrogen) atoms. The second kappa shape index (κ2) is 14.0. The van der Waals surface area contributed by atoms with Gasteiger partial charge in [-0.3, -0.25) is 9.59 Å². The van der Waals surface area contributed by atoms with Crippen molar-refractivity contribution in [2.75, 3.05) is 40.6 Å². The number of amides is 1. The van der Waals surface area contributed by atoms with Crippen LogP contribution in [0.5, 0.6) is 11.5 Å². The molecule has 3 aromatic rings. The summed E-state index contributed by atoms with van der Waals surface area (Å²) >= 11 is 0. The smallest absolute Gasteiger partial charge is 0.305 e. The number of nitrogens with zero attached hydrogens (tertiary/aromatic N) is 1. The normalized spacial score (nSPS) is 15.2. The number of likely N-dealkylation sites (tertiary alicyclic amines) is 1. The summed E-state index contributed by atoms with van der Waals surface area (Å²) in [5.74, 6) is 0.566. The first-order valence-electron chi connectivity index (χ1n) is 13.6. The number of carboxylic acids is 1. The Kier molecular flexibility index (Phi) is 10.2. The molecule has 1 amide bonds. The van der Waals surface area contributed by atoms with E-state index in [4.69, 9.17) is 24.1 Å².